The normalized spacial score (nSPS) is 16.9. The minimum Gasteiger partial charge on any atom is -0.408 e. The highest BCUT2D eigenvalue weighted by Crippen LogP contribution is 2.23. The Morgan fingerprint density at radius 2 is 2.00 bits per heavy atom. The lowest BCUT2D eigenvalue weighted by Crippen LogP contribution is -2.35. The van der Waals surface area contributed by atoms with E-state index in [1.807, 2.05) is 6.07 Å². The van der Waals surface area contributed by atoms with Gasteiger partial charge >= 0.3 is 5.76 Å². The zero-order valence-electron chi connectivity index (χ0n) is 14.5. The van der Waals surface area contributed by atoms with E-state index in [4.69, 9.17) is 16.0 Å². The molecular weight excluding hydrogens is 324 g/mol. The van der Waals surface area contributed by atoms with Crippen LogP contribution in [-0.4, -0.2) is 29.1 Å². The first-order chi connectivity index (χ1) is 11.7. The second kappa shape index (κ2) is 8.21. The van der Waals surface area contributed by atoms with E-state index in [0.717, 1.165) is 24.4 Å². The van der Waals surface area contributed by atoms with Crippen molar-refractivity contribution in [1.29, 1.82) is 0 Å². The summed E-state index contributed by atoms with van der Waals surface area (Å²) in [5.74, 6) is 0.636. The molecule has 4 nitrogen and oxygen atoms in total. The Bertz CT molecular complexity index is 714. The van der Waals surface area contributed by atoms with Crippen LogP contribution in [0.2, 0.25) is 5.02 Å². The summed E-state index contributed by atoms with van der Waals surface area (Å²) in [6.45, 7) is 6.41. The maximum absolute atomic E-state index is 12.0. The number of fused-ring (bicyclic) bond motifs is 1. The minimum absolute atomic E-state index is 0.287. The molecule has 2 heterocycles. The molecule has 0 bridgehead atoms. The van der Waals surface area contributed by atoms with Crippen molar-refractivity contribution < 1.29 is 4.42 Å². The van der Waals surface area contributed by atoms with Crippen molar-refractivity contribution >= 4 is 22.7 Å². The molecule has 0 atom stereocenters. The SMILES string of the molecule is CCCCC1CCN(CCCn2c(=O)oc3cc(Cl)ccc32)CC1. The van der Waals surface area contributed by atoms with Gasteiger partial charge in [-0.2, -0.15) is 0 Å². The van der Waals surface area contributed by atoms with Gasteiger partial charge in [0, 0.05) is 17.6 Å². The van der Waals surface area contributed by atoms with E-state index in [1.165, 1.54) is 45.2 Å². The van der Waals surface area contributed by atoms with Gasteiger partial charge in [-0.3, -0.25) is 4.57 Å². The molecule has 1 fully saturated rings. The number of hydrogen-bond acceptors (Lipinski definition) is 3. The number of halogens is 1. The first kappa shape index (κ1) is 17.6. The van der Waals surface area contributed by atoms with Crippen LogP contribution in [0, 0.1) is 5.92 Å². The van der Waals surface area contributed by atoms with E-state index < -0.39 is 0 Å². The zero-order valence-corrected chi connectivity index (χ0v) is 15.2. The third-order valence-corrected chi connectivity index (χ3v) is 5.39. The summed E-state index contributed by atoms with van der Waals surface area (Å²) < 4.78 is 7.01. The number of likely N-dealkylation sites (tertiary alicyclic amines) is 1. The van der Waals surface area contributed by atoms with Gasteiger partial charge in [0.25, 0.3) is 0 Å². The van der Waals surface area contributed by atoms with Gasteiger partial charge in [-0.1, -0.05) is 37.8 Å². The van der Waals surface area contributed by atoms with Gasteiger partial charge in [0.2, 0.25) is 0 Å². The smallest absolute Gasteiger partial charge is 0.408 e. The van der Waals surface area contributed by atoms with E-state index in [1.54, 1.807) is 16.7 Å². The van der Waals surface area contributed by atoms with Crippen LogP contribution in [-0.2, 0) is 6.54 Å². The topological polar surface area (TPSA) is 38.4 Å². The van der Waals surface area contributed by atoms with E-state index in [-0.39, 0.29) is 5.76 Å². The average molecular weight is 351 g/mol. The summed E-state index contributed by atoms with van der Waals surface area (Å²) in [6.07, 6.45) is 7.68. The van der Waals surface area contributed by atoms with Crippen LogP contribution in [0.1, 0.15) is 45.4 Å². The summed E-state index contributed by atoms with van der Waals surface area (Å²) in [6, 6.07) is 5.37. The molecule has 0 amide bonds. The van der Waals surface area contributed by atoms with Crippen LogP contribution in [0.3, 0.4) is 0 Å². The first-order valence-electron chi connectivity index (χ1n) is 9.18. The third-order valence-electron chi connectivity index (χ3n) is 5.16. The average Bonchev–Trinajstić information content (AvgIpc) is 2.89. The molecule has 3 rings (SSSR count). The summed E-state index contributed by atoms with van der Waals surface area (Å²) in [5.41, 5.74) is 1.41. The molecule has 5 heteroatoms. The van der Waals surface area contributed by atoms with Crippen LogP contribution in [0.25, 0.3) is 11.1 Å². The van der Waals surface area contributed by atoms with Crippen LogP contribution < -0.4 is 5.76 Å². The van der Waals surface area contributed by atoms with E-state index in [2.05, 4.69) is 11.8 Å². The lowest BCUT2D eigenvalue weighted by Gasteiger charge is -2.31. The molecule has 132 valence electrons. The Balaban J connectivity index is 1.49. The Labute approximate surface area is 148 Å². The molecule has 0 saturated carbocycles. The van der Waals surface area contributed by atoms with Crippen molar-refractivity contribution in [3.05, 3.63) is 33.8 Å². The Kier molecular flexibility index (Phi) is 6.01. The maximum Gasteiger partial charge on any atom is 0.419 e. The molecule has 1 aromatic heterocycles. The molecule has 0 spiro atoms. The van der Waals surface area contributed by atoms with Gasteiger partial charge in [-0.15, -0.1) is 0 Å². The van der Waals surface area contributed by atoms with Gasteiger partial charge in [0.1, 0.15) is 0 Å². The van der Waals surface area contributed by atoms with Crippen LogP contribution >= 0.6 is 11.6 Å². The maximum atomic E-state index is 12.0. The van der Waals surface area contributed by atoms with Crippen LogP contribution in [0.5, 0.6) is 0 Å². The Morgan fingerprint density at radius 3 is 2.75 bits per heavy atom. The molecular formula is C19H27ClN2O2. The van der Waals surface area contributed by atoms with Crippen molar-refractivity contribution in [1.82, 2.24) is 9.47 Å². The number of rotatable bonds is 7. The van der Waals surface area contributed by atoms with Gasteiger partial charge in [0.15, 0.2) is 5.58 Å². The second-order valence-electron chi connectivity index (χ2n) is 6.91. The van der Waals surface area contributed by atoms with Crippen LogP contribution in [0.15, 0.2) is 27.4 Å². The molecule has 0 unspecified atom stereocenters. The molecule has 0 radical (unpaired) electrons. The number of aryl methyl sites for hydroxylation is 1. The van der Waals surface area contributed by atoms with Crippen molar-refractivity contribution in [3.63, 3.8) is 0 Å². The molecule has 24 heavy (non-hydrogen) atoms. The van der Waals surface area contributed by atoms with Gasteiger partial charge in [-0.25, -0.2) is 4.79 Å². The highest BCUT2D eigenvalue weighted by atomic mass is 35.5. The summed E-state index contributed by atoms with van der Waals surface area (Å²) >= 11 is 5.95. The van der Waals surface area contributed by atoms with E-state index in [9.17, 15) is 4.79 Å². The Morgan fingerprint density at radius 1 is 1.21 bits per heavy atom. The van der Waals surface area contributed by atoms with E-state index in [0.29, 0.717) is 17.2 Å². The number of oxazole rings is 1. The molecule has 1 aliphatic heterocycles. The number of benzene rings is 1. The molecule has 0 N–H and O–H groups in total. The molecule has 1 aliphatic rings. The summed E-state index contributed by atoms with van der Waals surface area (Å²) in [5, 5.41) is 0.592. The standard InChI is InChI=1S/C19H27ClN2O2/c1-2-3-5-15-8-12-21(13-9-15)10-4-11-22-17-7-6-16(20)14-18(17)24-19(22)23/h6-7,14-15H,2-5,8-13H2,1H3. The highest BCUT2D eigenvalue weighted by Gasteiger charge is 2.18. The number of aromatic nitrogens is 1. The number of hydrogen-bond donors (Lipinski definition) is 0. The fraction of sp³-hybridized carbons (Fsp3) is 0.632. The fourth-order valence-corrected chi connectivity index (χ4v) is 3.86. The van der Waals surface area contributed by atoms with Crippen LogP contribution in [0.4, 0.5) is 0 Å². The third kappa shape index (κ3) is 4.22. The molecule has 1 saturated heterocycles. The molecule has 0 aliphatic carbocycles. The second-order valence-corrected chi connectivity index (χ2v) is 7.35. The molecule has 2 aromatic rings. The van der Waals surface area contributed by atoms with Gasteiger partial charge in [-0.05, 0) is 56.9 Å². The van der Waals surface area contributed by atoms with Crippen molar-refractivity contribution in [2.75, 3.05) is 19.6 Å². The van der Waals surface area contributed by atoms with Crippen molar-refractivity contribution in [3.8, 4) is 0 Å². The van der Waals surface area contributed by atoms with Gasteiger partial charge < -0.3 is 9.32 Å². The number of nitrogens with zero attached hydrogens (tertiary/aromatic N) is 2. The largest absolute Gasteiger partial charge is 0.419 e. The summed E-state index contributed by atoms with van der Waals surface area (Å²) in [7, 11) is 0. The minimum atomic E-state index is -0.287. The van der Waals surface area contributed by atoms with Gasteiger partial charge in [0.05, 0.1) is 5.52 Å². The predicted molar refractivity (Wildman–Crippen MR) is 98.8 cm³/mol. The monoisotopic (exact) mass is 350 g/mol. The van der Waals surface area contributed by atoms with Crippen molar-refractivity contribution in [2.24, 2.45) is 5.92 Å². The highest BCUT2D eigenvalue weighted by molar-refractivity contribution is 6.31. The lowest BCUT2D eigenvalue weighted by atomic mass is 9.91. The quantitative estimate of drug-likeness (QED) is 0.735. The Hall–Kier alpha value is -1.26. The predicted octanol–water partition coefficient (Wildman–Crippen LogP) is 4.54. The molecule has 1 aromatic carbocycles. The zero-order chi connectivity index (χ0) is 16.9. The van der Waals surface area contributed by atoms with Crippen molar-refractivity contribution in [2.45, 2.75) is 52.0 Å². The number of piperidine rings is 1. The fourth-order valence-electron chi connectivity index (χ4n) is 3.70. The number of unbranched alkanes of at least 4 members (excludes halogenated alkanes) is 1. The lowest BCUT2D eigenvalue weighted by molar-refractivity contribution is 0.173. The first-order valence-corrected chi connectivity index (χ1v) is 9.56. The summed E-state index contributed by atoms with van der Waals surface area (Å²) in [4.78, 5) is 14.5. The van der Waals surface area contributed by atoms with E-state index >= 15 is 0 Å².